The summed E-state index contributed by atoms with van der Waals surface area (Å²) in [6.45, 7) is 1.55. The van der Waals surface area contributed by atoms with Gasteiger partial charge in [0.15, 0.2) is 0 Å². The lowest BCUT2D eigenvalue weighted by atomic mass is 9.96. The van der Waals surface area contributed by atoms with Gasteiger partial charge in [-0.1, -0.05) is 42.1 Å². The van der Waals surface area contributed by atoms with Crippen LogP contribution in [-0.4, -0.2) is 19.1 Å². The van der Waals surface area contributed by atoms with Crippen LogP contribution < -0.4 is 5.32 Å². The molecule has 3 rings (SSSR count). The van der Waals surface area contributed by atoms with Crippen molar-refractivity contribution in [2.24, 2.45) is 5.92 Å². The quantitative estimate of drug-likeness (QED) is 0.872. The molecule has 1 saturated heterocycles. The minimum absolute atomic E-state index is 0.0954. The van der Waals surface area contributed by atoms with Gasteiger partial charge in [-0.05, 0) is 43.0 Å². The van der Waals surface area contributed by atoms with Crippen LogP contribution in [0, 0.1) is 5.92 Å². The van der Waals surface area contributed by atoms with Gasteiger partial charge < -0.3 is 10.1 Å². The zero-order valence-electron chi connectivity index (χ0n) is 13.0. The Morgan fingerprint density at radius 3 is 2.52 bits per heavy atom. The smallest absolute Gasteiger partial charge is 0.224 e. The first-order valence-corrected chi connectivity index (χ1v) is 8.82. The minimum Gasteiger partial charge on any atom is -0.381 e. The van der Waals surface area contributed by atoms with Gasteiger partial charge in [0.1, 0.15) is 0 Å². The van der Waals surface area contributed by atoms with E-state index in [1.807, 2.05) is 42.5 Å². The number of hydrogen-bond acceptors (Lipinski definition) is 3. The van der Waals surface area contributed by atoms with E-state index in [0.29, 0.717) is 12.3 Å². The number of rotatable bonds is 5. The van der Waals surface area contributed by atoms with Crippen LogP contribution in [0.4, 0.5) is 5.69 Å². The van der Waals surface area contributed by atoms with Crippen molar-refractivity contribution in [3.05, 3.63) is 54.6 Å². The van der Waals surface area contributed by atoms with E-state index in [0.717, 1.165) is 36.6 Å². The molecule has 1 N–H and O–H groups in total. The zero-order chi connectivity index (χ0) is 15.9. The van der Waals surface area contributed by atoms with Crippen LogP contribution in [0.2, 0.25) is 0 Å². The normalized spacial score (nSPS) is 15.3. The summed E-state index contributed by atoms with van der Waals surface area (Å²) in [7, 11) is 0. The highest BCUT2D eigenvalue weighted by Crippen LogP contribution is 2.33. The molecule has 1 fully saturated rings. The third-order valence-electron chi connectivity index (χ3n) is 3.95. The molecule has 0 aliphatic carbocycles. The summed E-state index contributed by atoms with van der Waals surface area (Å²) < 4.78 is 5.35. The SMILES string of the molecule is O=C(CC1CCOCC1)Nc1ccccc1Sc1ccccc1. The van der Waals surface area contributed by atoms with Crippen molar-refractivity contribution in [1.82, 2.24) is 0 Å². The lowest BCUT2D eigenvalue weighted by Gasteiger charge is -2.21. The van der Waals surface area contributed by atoms with Crippen LogP contribution in [-0.2, 0) is 9.53 Å². The highest BCUT2D eigenvalue weighted by atomic mass is 32.2. The van der Waals surface area contributed by atoms with Crippen LogP contribution in [0.15, 0.2) is 64.4 Å². The molecule has 0 aromatic heterocycles. The average Bonchev–Trinajstić information content (AvgIpc) is 2.58. The Kier molecular flexibility index (Phi) is 5.72. The summed E-state index contributed by atoms with van der Waals surface area (Å²) in [6.07, 6.45) is 2.54. The minimum atomic E-state index is 0.0954. The molecule has 4 heteroatoms. The molecule has 0 spiro atoms. The molecular weight excluding hydrogens is 306 g/mol. The number of carbonyl (C=O) groups is 1. The summed E-state index contributed by atoms with van der Waals surface area (Å²) in [4.78, 5) is 14.6. The Balaban J connectivity index is 1.64. The Morgan fingerprint density at radius 2 is 1.74 bits per heavy atom. The molecule has 2 aromatic carbocycles. The van der Waals surface area contributed by atoms with Crippen molar-refractivity contribution >= 4 is 23.4 Å². The van der Waals surface area contributed by atoms with Gasteiger partial charge in [0.2, 0.25) is 5.91 Å². The summed E-state index contributed by atoms with van der Waals surface area (Å²) in [5.74, 6) is 0.538. The van der Waals surface area contributed by atoms with Gasteiger partial charge >= 0.3 is 0 Å². The Hall–Kier alpha value is -1.78. The maximum atomic E-state index is 12.3. The lowest BCUT2D eigenvalue weighted by Crippen LogP contribution is -2.22. The second kappa shape index (κ2) is 8.18. The second-order valence-corrected chi connectivity index (χ2v) is 6.83. The summed E-state index contributed by atoms with van der Waals surface area (Å²) in [5.41, 5.74) is 0.887. The van der Waals surface area contributed by atoms with E-state index in [-0.39, 0.29) is 5.91 Å². The number of nitrogens with one attached hydrogen (secondary N) is 1. The molecule has 1 amide bonds. The summed E-state index contributed by atoms with van der Waals surface area (Å²) in [6, 6.07) is 18.2. The van der Waals surface area contributed by atoms with Crippen molar-refractivity contribution in [3.8, 4) is 0 Å². The van der Waals surface area contributed by atoms with Crippen molar-refractivity contribution < 1.29 is 9.53 Å². The maximum Gasteiger partial charge on any atom is 0.224 e. The Labute approximate surface area is 141 Å². The van der Waals surface area contributed by atoms with Crippen LogP contribution in [0.25, 0.3) is 0 Å². The molecule has 0 radical (unpaired) electrons. The number of para-hydroxylation sites is 1. The van der Waals surface area contributed by atoms with Crippen LogP contribution in [0.1, 0.15) is 19.3 Å². The van der Waals surface area contributed by atoms with Gasteiger partial charge in [0, 0.05) is 29.4 Å². The standard InChI is InChI=1S/C19H21NO2S/c21-19(14-15-10-12-22-13-11-15)20-17-8-4-5-9-18(17)23-16-6-2-1-3-7-16/h1-9,15H,10-14H2,(H,20,21). The third-order valence-corrected chi connectivity index (χ3v) is 5.03. The van der Waals surface area contributed by atoms with Crippen LogP contribution >= 0.6 is 11.8 Å². The first kappa shape index (κ1) is 16.1. The van der Waals surface area contributed by atoms with E-state index in [1.165, 1.54) is 4.90 Å². The fourth-order valence-electron chi connectivity index (χ4n) is 2.69. The molecule has 0 bridgehead atoms. The molecule has 1 aliphatic rings. The van der Waals surface area contributed by atoms with E-state index in [9.17, 15) is 4.79 Å². The van der Waals surface area contributed by atoms with Gasteiger partial charge in [0.25, 0.3) is 0 Å². The van der Waals surface area contributed by atoms with Crippen molar-refractivity contribution in [2.45, 2.75) is 29.1 Å². The number of amides is 1. The van der Waals surface area contributed by atoms with E-state index in [1.54, 1.807) is 11.8 Å². The van der Waals surface area contributed by atoms with Gasteiger partial charge in [-0.2, -0.15) is 0 Å². The molecule has 0 atom stereocenters. The van der Waals surface area contributed by atoms with Crippen LogP contribution in [0.5, 0.6) is 0 Å². The molecule has 1 heterocycles. The first-order valence-electron chi connectivity index (χ1n) is 8.01. The lowest BCUT2D eigenvalue weighted by molar-refractivity contribution is -0.117. The van der Waals surface area contributed by atoms with Crippen LogP contribution in [0.3, 0.4) is 0 Å². The van der Waals surface area contributed by atoms with Gasteiger partial charge in [-0.25, -0.2) is 0 Å². The van der Waals surface area contributed by atoms with Crippen molar-refractivity contribution in [1.29, 1.82) is 0 Å². The molecule has 1 aliphatic heterocycles. The monoisotopic (exact) mass is 327 g/mol. The Morgan fingerprint density at radius 1 is 1.04 bits per heavy atom. The van der Waals surface area contributed by atoms with E-state index >= 15 is 0 Å². The van der Waals surface area contributed by atoms with Gasteiger partial charge in [-0.3, -0.25) is 4.79 Å². The molecule has 23 heavy (non-hydrogen) atoms. The maximum absolute atomic E-state index is 12.3. The topological polar surface area (TPSA) is 38.3 Å². The highest BCUT2D eigenvalue weighted by molar-refractivity contribution is 7.99. The van der Waals surface area contributed by atoms with Crippen molar-refractivity contribution in [2.75, 3.05) is 18.5 Å². The zero-order valence-corrected chi connectivity index (χ0v) is 13.9. The molecule has 0 unspecified atom stereocenters. The molecule has 0 saturated carbocycles. The number of hydrogen-bond donors (Lipinski definition) is 1. The summed E-state index contributed by atoms with van der Waals surface area (Å²) in [5, 5.41) is 3.08. The number of anilines is 1. The van der Waals surface area contributed by atoms with Gasteiger partial charge in [-0.15, -0.1) is 0 Å². The number of benzene rings is 2. The van der Waals surface area contributed by atoms with E-state index in [4.69, 9.17) is 4.74 Å². The fraction of sp³-hybridized carbons (Fsp3) is 0.316. The molecule has 120 valence electrons. The fourth-order valence-corrected chi connectivity index (χ4v) is 3.61. The number of carbonyl (C=O) groups excluding carboxylic acids is 1. The molecule has 3 nitrogen and oxygen atoms in total. The number of ether oxygens (including phenoxy) is 1. The average molecular weight is 327 g/mol. The predicted molar refractivity (Wildman–Crippen MR) is 93.8 cm³/mol. The largest absolute Gasteiger partial charge is 0.381 e. The predicted octanol–water partition coefficient (Wildman–Crippen LogP) is 4.59. The van der Waals surface area contributed by atoms with Gasteiger partial charge in [0.05, 0.1) is 5.69 Å². The van der Waals surface area contributed by atoms with Crippen molar-refractivity contribution in [3.63, 3.8) is 0 Å². The first-order chi connectivity index (χ1) is 11.3. The Bertz CT molecular complexity index is 639. The molecular formula is C19H21NO2S. The summed E-state index contributed by atoms with van der Waals surface area (Å²) >= 11 is 1.67. The third kappa shape index (κ3) is 4.85. The second-order valence-electron chi connectivity index (χ2n) is 5.72. The highest BCUT2D eigenvalue weighted by Gasteiger charge is 2.18. The van der Waals surface area contributed by atoms with E-state index in [2.05, 4.69) is 17.4 Å². The molecule has 2 aromatic rings. The van der Waals surface area contributed by atoms with E-state index < -0.39 is 0 Å².